The van der Waals surface area contributed by atoms with Crippen molar-refractivity contribution in [1.29, 1.82) is 0 Å². The van der Waals surface area contributed by atoms with Gasteiger partial charge in [-0.2, -0.15) is 11.8 Å². The van der Waals surface area contributed by atoms with Gasteiger partial charge in [-0.15, -0.1) is 0 Å². The second-order valence-electron chi connectivity index (χ2n) is 6.38. The second-order valence-corrected chi connectivity index (χ2v) is 8.18. The molecule has 0 aromatic carbocycles. The third-order valence-electron chi connectivity index (χ3n) is 4.09. The lowest BCUT2D eigenvalue weighted by Gasteiger charge is -2.42. The van der Waals surface area contributed by atoms with Crippen LogP contribution in [0.25, 0.3) is 0 Å². The average Bonchev–Trinajstić information content (AvgIpc) is 2.65. The van der Waals surface area contributed by atoms with Gasteiger partial charge in [0, 0.05) is 35.7 Å². The SMILES string of the molecule is CCCC1(CN2CCSC(C)(C)C2)CCCN1. The highest BCUT2D eigenvalue weighted by atomic mass is 32.2. The maximum absolute atomic E-state index is 3.80. The van der Waals surface area contributed by atoms with Crippen LogP contribution in [0.2, 0.25) is 0 Å². The van der Waals surface area contributed by atoms with Crippen LogP contribution in [-0.4, -0.2) is 47.1 Å². The molecule has 0 bridgehead atoms. The highest BCUT2D eigenvalue weighted by Gasteiger charge is 2.36. The molecule has 1 atom stereocenters. The van der Waals surface area contributed by atoms with E-state index in [1.54, 1.807) is 0 Å². The van der Waals surface area contributed by atoms with Crippen molar-refractivity contribution in [3.63, 3.8) is 0 Å². The maximum atomic E-state index is 3.80. The summed E-state index contributed by atoms with van der Waals surface area (Å²) in [4.78, 5) is 2.70. The fraction of sp³-hybridized carbons (Fsp3) is 1.00. The smallest absolute Gasteiger partial charge is 0.0309 e. The molecule has 2 nitrogen and oxygen atoms in total. The molecule has 0 spiro atoms. The number of hydrogen-bond acceptors (Lipinski definition) is 3. The summed E-state index contributed by atoms with van der Waals surface area (Å²) < 4.78 is 0.449. The summed E-state index contributed by atoms with van der Waals surface area (Å²) in [6.45, 7) is 12.1. The maximum Gasteiger partial charge on any atom is 0.0309 e. The molecular formula is C14H28N2S. The first kappa shape index (κ1) is 13.7. The molecule has 2 heterocycles. The predicted molar refractivity (Wildman–Crippen MR) is 77.9 cm³/mol. The lowest BCUT2D eigenvalue weighted by atomic mass is 9.91. The molecule has 0 saturated carbocycles. The van der Waals surface area contributed by atoms with Crippen LogP contribution in [0.3, 0.4) is 0 Å². The lowest BCUT2D eigenvalue weighted by molar-refractivity contribution is 0.176. The molecule has 2 fully saturated rings. The molecule has 100 valence electrons. The van der Waals surface area contributed by atoms with Crippen LogP contribution >= 0.6 is 11.8 Å². The van der Waals surface area contributed by atoms with E-state index < -0.39 is 0 Å². The molecule has 17 heavy (non-hydrogen) atoms. The van der Waals surface area contributed by atoms with Gasteiger partial charge in [0.2, 0.25) is 0 Å². The quantitative estimate of drug-likeness (QED) is 0.832. The van der Waals surface area contributed by atoms with E-state index in [2.05, 4.69) is 42.7 Å². The average molecular weight is 256 g/mol. The number of rotatable bonds is 4. The van der Waals surface area contributed by atoms with Crippen molar-refractivity contribution in [2.24, 2.45) is 0 Å². The van der Waals surface area contributed by atoms with Crippen LogP contribution in [0.4, 0.5) is 0 Å². The monoisotopic (exact) mass is 256 g/mol. The zero-order valence-electron chi connectivity index (χ0n) is 11.7. The Morgan fingerprint density at radius 2 is 2.18 bits per heavy atom. The molecule has 2 aliphatic rings. The molecule has 2 aliphatic heterocycles. The molecule has 0 aromatic rings. The minimum absolute atomic E-state index is 0.437. The van der Waals surface area contributed by atoms with Crippen LogP contribution in [0, 0.1) is 0 Å². The van der Waals surface area contributed by atoms with Crippen LogP contribution in [0.5, 0.6) is 0 Å². The second kappa shape index (κ2) is 5.50. The number of nitrogens with one attached hydrogen (secondary N) is 1. The number of nitrogens with zero attached hydrogens (tertiary/aromatic N) is 1. The Balaban J connectivity index is 1.93. The van der Waals surface area contributed by atoms with Crippen molar-refractivity contribution in [3.8, 4) is 0 Å². The highest BCUT2D eigenvalue weighted by Crippen LogP contribution is 2.32. The normalized spacial score (nSPS) is 34.1. The van der Waals surface area contributed by atoms with Gasteiger partial charge in [-0.3, -0.25) is 4.90 Å². The van der Waals surface area contributed by atoms with Gasteiger partial charge in [0.05, 0.1) is 0 Å². The number of hydrogen-bond donors (Lipinski definition) is 1. The predicted octanol–water partition coefficient (Wildman–Crippen LogP) is 2.74. The Hall–Kier alpha value is 0.270. The summed E-state index contributed by atoms with van der Waals surface area (Å²) in [5.41, 5.74) is 0.437. The van der Waals surface area contributed by atoms with Crippen LogP contribution in [0.15, 0.2) is 0 Å². The summed E-state index contributed by atoms with van der Waals surface area (Å²) in [6, 6.07) is 0. The third kappa shape index (κ3) is 3.62. The van der Waals surface area contributed by atoms with Gasteiger partial charge in [0.15, 0.2) is 0 Å². The molecule has 0 aromatic heterocycles. The Morgan fingerprint density at radius 3 is 2.76 bits per heavy atom. The molecule has 1 N–H and O–H groups in total. The van der Waals surface area contributed by atoms with E-state index in [4.69, 9.17) is 0 Å². The lowest BCUT2D eigenvalue weighted by Crippen LogP contribution is -2.54. The van der Waals surface area contributed by atoms with E-state index >= 15 is 0 Å². The van der Waals surface area contributed by atoms with Crippen molar-refractivity contribution in [2.45, 2.75) is 56.7 Å². The van der Waals surface area contributed by atoms with E-state index in [1.807, 2.05) is 0 Å². The minimum atomic E-state index is 0.437. The topological polar surface area (TPSA) is 15.3 Å². The number of thioether (sulfide) groups is 1. The molecule has 3 heteroatoms. The van der Waals surface area contributed by atoms with Crippen molar-refractivity contribution < 1.29 is 0 Å². The Kier molecular flexibility index (Phi) is 4.43. The third-order valence-corrected chi connectivity index (χ3v) is 5.39. The van der Waals surface area contributed by atoms with E-state index in [0.29, 0.717) is 10.3 Å². The van der Waals surface area contributed by atoms with Gasteiger partial charge in [-0.25, -0.2) is 0 Å². The first-order chi connectivity index (χ1) is 8.05. The van der Waals surface area contributed by atoms with Gasteiger partial charge in [-0.1, -0.05) is 13.3 Å². The van der Waals surface area contributed by atoms with Gasteiger partial charge in [-0.05, 0) is 39.7 Å². The largest absolute Gasteiger partial charge is 0.310 e. The van der Waals surface area contributed by atoms with E-state index in [9.17, 15) is 0 Å². The van der Waals surface area contributed by atoms with Crippen molar-refractivity contribution in [2.75, 3.05) is 31.9 Å². The fourth-order valence-electron chi connectivity index (χ4n) is 3.45. The standard InChI is InChI=1S/C14H28N2S/c1-4-6-14(7-5-8-15-14)12-16-9-10-17-13(2,3)11-16/h15H,4-12H2,1-3H3. The zero-order chi connectivity index (χ0) is 12.4. The van der Waals surface area contributed by atoms with Gasteiger partial charge < -0.3 is 5.32 Å². The van der Waals surface area contributed by atoms with E-state index in [0.717, 1.165) is 0 Å². The Morgan fingerprint density at radius 1 is 1.35 bits per heavy atom. The Labute approximate surface area is 111 Å². The molecule has 0 aliphatic carbocycles. The summed E-state index contributed by atoms with van der Waals surface area (Å²) in [5.74, 6) is 1.30. The molecule has 0 amide bonds. The minimum Gasteiger partial charge on any atom is -0.310 e. The van der Waals surface area contributed by atoms with Crippen molar-refractivity contribution >= 4 is 11.8 Å². The van der Waals surface area contributed by atoms with Gasteiger partial charge >= 0.3 is 0 Å². The summed E-state index contributed by atoms with van der Waals surface area (Å²) in [5, 5.41) is 3.80. The van der Waals surface area contributed by atoms with E-state index in [-0.39, 0.29) is 0 Å². The highest BCUT2D eigenvalue weighted by molar-refractivity contribution is 8.00. The summed E-state index contributed by atoms with van der Waals surface area (Å²) in [7, 11) is 0. The molecule has 0 radical (unpaired) electrons. The summed E-state index contributed by atoms with van der Waals surface area (Å²) >= 11 is 2.13. The first-order valence-corrected chi connectivity index (χ1v) is 8.15. The van der Waals surface area contributed by atoms with Crippen LogP contribution in [-0.2, 0) is 0 Å². The van der Waals surface area contributed by atoms with Crippen molar-refractivity contribution in [3.05, 3.63) is 0 Å². The Bertz CT molecular complexity index is 247. The van der Waals surface area contributed by atoms with Gasteiger partial charge in [0.1, 0.15) is 0 Å². The first-order valence-electron chi connectivity index (χ1n) is 7.17. The van der Waals surface area contributed by atoms with Gasteiger partial charge in [0.25, 0.3) is 0 Å². The van der Waals surface area contributed by atoms with Crippen LogP contribution < -0.4 is 5.32 Å². The zero-order valence-corrected chi connectivity index (χ0v) is 12.5. The van der Waals surface area contributed by atoms with E-state index in [1.165, 1.54) is 57.6 Å². The van der Waals surface area contributed by atoms with Crippen LogP contribution in [0.1, 0.15) is 46.5 Å². The molecule has 2 saturated heterocycles. The fourth-order valence-corrected chi connectivity index (χ4v) is 4.63. The molecule has 2 rings (SSSR count). The summed E-state index contributed by atoms with van der Waals surface area (Å²) in [6.07, 6.45) is 5.40. The van der Waals surface area contributed by atoms with Crippen molar-refractivity contribution in [1.82, 2.24) is 10.2 Å². The molecule has 1 unspecified atom stereocenters. The molecular weight excluding hydrogens is 228 g/mol.